The van der Waals surface area contributed by atoms with Crippen LogP contribution in [0.4, 0.5) is 5.69 Å². The van der Waals surface area contributed by atoms with Crippen molar-refractivity contribution in [2.24, 2.45) is 4.99 Å². The molecule has 0 fully saturated rings. The number of nitro groups is 1. The molecule has 0 N–H and O–H groups in total. The van der Waals surface area contributed by atoms with E-state index in [1.165, 1.54) is 12.1 Å². The lowest BCUT2D eigenvalue weighted by atomic mass is 10.1. The zero-order chi connectivity index (χ0) is 25.8. The second-order valence-corrected chi connectivity index (χ2v) is 9.30. The maximum absolute atomic E-state index is 12.5. The summed E-state index contributed by atoms with van der Waals surface area (Å²) in [7, 11) is 0. The molecule has 36 heavy (non-hydrogen) atoms. The van der Waals surface area contributed by atoms with E-state index >= 15 is 0 Å². The van der Waals surface area contributed by atoms with Gasteiger partial charge in [-0.15, -0.1) is 0 Å². The van der Waals surface area contributed by atoms with Crippen molar-refractivity contribution in [3.05, 3.63) is 102 Å². The summed E-state index contributed by atoms with van der Waals surface area (Å²) in [4.78, 5) is 27.4. The molecular weight excluding hydrogens is 575 g/mol. The molecule has 0 saturated carbocycles. The topological polar surface area (TPSA) is 100 Å². The van der Waals surface area contributed by atoms with E-state index in [9.17, 15) is 14.9 Å². The maximum Gasteiger partial charge on any atom is 0.363 e. The molecule has 0 unspecified atom stereocenters. The fraction of sp³-hybridized carbons (Fsp3) is 0.185. The Balaban J connectivity index is 1.61. The lowest BCUT2D eigenvalue weighted by Crippen LogP contribution is -2.06. The number of aryl methyl sites for hydroxylation is 2. The number of ether oxygens (including phenoxy) is 3. The molecule has 0 amide bonds. The molecule has 3 aromatic rings. The van der Waals surface area contributed by atoms with Crippen molar-refractivity contribution in [1.82, 2.24) is 0 Å². The fourth-order valence-electron chi connectivity index (χ4n) is 3.72. The highest BCUT2D eigenvalue weighted by Gasteiger charge is 2.26. The molecule has 184 valence electrons. The Labute approximate surface area is 221 Å². The van der Waals surface area contributed by atoms with Gasteiger partial charge in [0.25, 0.3) is 5.69 Å². The van der Waals surface area contributed by atoms with Crippen LogP contribution in [0.2, 0.25) is 0 Å². The van der Waals surface area contributed by atoms with Gasteiger partial charge in [0, 0.05) is 17.2 Å². The summed E-state index contributed by atoms with van der Waals surface area (Å²) in [5, 5.41) is 11.1. The number of benzene rings is 3. The number of hydrogen-bond donors (Lipinski definition) is 0. The number of nitrogens with zero attached hydrogens (tertiary/aromatic N) is 2. The predicted octanol–water partition coefficient (Wildman–Crippen LogP) is 6.14. The lowest BCUT2D eigenvalue weighted by Gasteiger charge is -2.15. The third-order valence-corrected chi connectivity index (χ3v) is 6.16. The number of carbonyl (C=O) groups excluding carboxylic acids is 1. The van der Waals surface area contributed by atoms with Crippen LogP contribution in [0.25, 0.3) is 6.08 Å². The van der Waals surface area contributed by atoms with Crippen molar-refractivity contribution in [2.75, 3.05) is 6.61 Å². The van der Waals surface area contributed by atoms with E-state index in [4.69, 9.17) is 14.2 Å². The number of carbonyl (C=O) groups is 1. The number of nitro benzene ring substituents is 1. The van der Waals surface area contributed by atoms with Gasteiger partial charge in [0.1, 0.15) is 6.61 Å². The van der Waals surface area contributed by atoms with E-state index in [2.05, 4.69) is 33.6 Å². The van der Waals surface area contributed by atoms with Gasteiger partial charge in [0.2, 0.25) is 5.90 Å². The van der Waals surface area contributed by atoms with Crippen LogP contribution in [-0.4, -0.2) is 23.4 Å². The van der Waals surface area contributed by atoms with Gasteiger partial charge in [0.05, 0.1) is 15.1 Å². The van der Waals surface area contributed by atoms with E-state index in [-0.39, 0.29) is 17.3 Å². The van der Waals surface area contributed by atoms with Crippen molar-refractivity contribution in [1.29, 1.82) is 0 Å². The minimum absolute atomic E-state index is 0.0119. The average Bonchev–Trinajstić information content (AvgIpc) is 3.18. The number of rotatable bonds is 8. The molecule has 0 radical (unpaired) electrons. The second kappa shape index (κ2) is 10.9. The predicted molar refractivity (Wildman–Crippen MR) is 144 cm³/mol. The Bertz CT molecular complexity index is 1410. The van der Waals surface area contributed by atoms with Gasteiger partial charge in [-0.3, -0.25) is 10.1 Å². The van der Waals surface area contributed by atoms with Crippen LogP contribution in [0.5, 0.6) is 11.5 Å². The van der Waals surface area contributed by atoms with Crippen LogP contribution in [0, 0.1) is 27.5 Å². The molecule has 0 saturated heterocycles. The van der Waals surface area contributed by atoms with Crippen molar-refractivity contribution < 1.29 is 23.9 Å². The third kappa shape index (κ3) is 5.73. The number of esters is 1. The molecule has 0 atom stereocenters. The van der Waals surface area contributed by atoms with Gasteiger partial charge in [-0.2, -0.15) is 0 Å². The highest BCUT2D eigenvalue weighted by atomic mass is 127. The van der Waals surface area contributed by atoms with Crippen molar-refractivity contribution in [2.45, 2.75) is 27.4 Å². The maximum atomic E-state index is 12.5. The summed E-state index contributed by atoms with van der Waals surface area (Å²) in [5.74, 6) is 0.682. The van der Waals surface area contributed by atoms with Gasteiger partial charge < -0.3 is 14.2 Å². The van der Waals surface area contributed by atoms with Gasteiger partial charge >= 0.3 is 5.97 Å². The highest BCUT2D eigenvalue weighted by Crippen LogP contribution is 2.36. The zero-order valence-corrected chi connectivity index (χ0v) is 22.1. The third-order valence-electron chi connectivity index (χ3n) is 5.36. The van der Waals surface area contributed by atoms with E-state index in [0.29, 0.717) is 41.4 Å². The molecule has 3 aromatic carbocycles. The molecule has 0 aliphatic carbocycles. The molecule has 0 aromatic heterocycles. The molecule has 1 heterocycles. The summed E-state index contributed by atoms with van der Waals surface area (Å²) in [6.07, 6.45) is 1.61. The van der Waals surface area contributed by atoms with Crippen LogP contribution < -0.4 is 9.47 Å². The summed E-state index contributed by atoms with van der Waals surface area (Å²) >= 11 is 2.18. The van der Waals surface area contributed by atoms with Crippen molar-refractivity contribution in [3.63, 3.8) is 0 Å². The highest BCUT2D eigenvalue weighted by molar-refractivity contribution is 14.1. The number of halogens is 1. The summed E-state index contributed by atoms with van der Waals surface area (Å²) in [6.45, 7) is 6.38. The van der Waals surface area contributed by atoms with E-state index in [0.717, 1.165) is 14.7 Å². The zero-order valence-electron chi connectivity index (χ0n) is 19.9. The first-order valence-corrected chi connectivity index (χ1v) is 12.3. The lowest BCUT2D eigenvalue weighted by molar-refractivity contribution is -0.385. The van der Waals surface area contributed by atoms with Gasteiger partial charge in [-0.05, 0) is 84.8 Å². The summed E-state index contributed by atoms with van der Waals surface area (Å²) in [5.41, 5.74) is 3.95. The van der Waals surface area contributed by atoms with E-state index in [1.54, 1.807) is 25.1 Å². The van der Waals surface area contributed by atoms with E-state index in [1.807, 2.05) is 38.1 Å². The van der Waals surface area contributed by atoms with Crippen molar-refractivity contribution >= 4 is 46.2 Å². The smallest absolute Gasteiger partial charge is 0.363 e. The molecule has 0 spiro atoms. The molecule has 4 rings (SSSR count). The minimum atomic E-state index is -0.603. The van der Waals surface area contributed by atoms with Crippen LogP contribution in [0.1, 0.15) is 34.7 Å². The fourth-order valence-corrected chi connectivity index (χ4v) is 4.50. The Hall–Kier alpha value is -3.73. The van der Waals surface area contributed by atoms with Gasteiger partial charge in [0.15, 0.2) is 17.2 Å². The molecule has 1 aliphatic rings. The molecule has 9 heteroatoms. The van der Waals surface area contributed by atoms with Crippen LogP contribution >= 0.6 is 22.6 Å². The molecular formula is C27H23IN2O6. The Morgan fingerprint density at radius 3 is 2.61 bits per heavy atom. The molecule has 0 bridgehead atoms. The first-order chi connectivity index (χ1) is 17.2. The number of hydrogen-bond acceptors (Lipinski definition) is 7. The van der Waals surface area contributed by atoms with Crippen LogP contribution in [0.3, 0.4) is 0 Å². The number of aliphatic imine (C=N–C) groups is 1. The monoisotopic (exact) mass is 598 g/mol. The molecule has 8 nitrogen and oxygen atoms in total. The van der Waals surface area contributed by atoms with Gasteiger partial charge in [-0.25, -0.2) is 9.79 Å². The van der Waals surface area contributed by atoms with Crippen molar-refractivity contribution in [3.8, 4) is 11.5 Å². The Morgan fingerprint density at radius 2 is 1.92 bits per heavy atom. The average molecular weight is 598 g/mol. The first kappa shape index (κ1) is 25.4. The molecule has 1 aliphatic heterocycles. The summed E-state index contributed by atoms with van der Waals surface area (Å²) in [6, 6.07) is 16.2. The number of cyclic esters (lactones) is 1. The standard InChI is InChI=1S/C27H23IN2O6/c1-4-34-24-14-19(12-21(28)25(24)35-15-18-7-5-6-16(2)10-18)13-22-27(31)36-26(29-22)20-8-9-23(30(32)33)17(3)11-20/h5-14H,4,15H2,1-3H3/b22-13-. The van der Waals surface area contributed by atoms with Crippen LogP contribution in [0.15, 0.2) is 65.3 Å². The second-order valence-electron chi connectivity index (χ2n) is 8.14. The van der Waals surface area contributed by atoms with E-state index < -0.39 is 10.9 Å². The minimum Gasteiger partial charge on any atom is -0.490 e. The Morgan fingerprint density at radius 1 is 1.11 bits per heavy atom. The summed E-state index contributed by atoms with van der Waals surface area (Å²) < 4.78 is 18.1. The quantitative estimate of drug-likeness (QED) is 0.102. The van der Waals surface area contributed by atoms with Gasteiger partial charge in [-0.1, -0.05) is 29.8 Å². The Kier molecular flexibility index (Phi) is 7.68. The first-order valence-electron chi connectivity index (χ1n) is 11.2. The normalized spacial score (nSPS) is 13.9. The SMILES string of the molecule is CCOc1cc(/C=C2\N=C(c3ccc([N+](=O)[O-])c(C)c3)OC2=O)cc(I)c1OCc1cccc(C)c1. The van der Waals surface area contributed by atoms with Crippen LogP contribution in [-0.2, 0) is 16.1 Å². The largest absolute Gasteiger partial charge is 0.490 e.